The SMILES string of the molecule is CC(NC(=O)C(N)CC(N)=O)C(=O)NC(Cc1cnc[nH]1)C(=O)NC(CCCCN)C(=O)O. The zero-order valence-electron chi connectivity index (χ0n) is 18.4. The van der Waals surface area contributed by atoms with Gasteiger partial charge in [-0.15, -0.1) is 0 Å². The van der Waals surface area contributed by atoms with Gasteiger partial charge in [-0.1, -0.05) is 0 Å². The van der Waals surface area contributed by atoms with E-state index in [0.29, 0.717) is 25.1 Å². The number of nitrogens with zero attached hydrogens (tertiary/aromatic N) is 1. The summed E-state index contributed by atoms with van der Waals surface area (Å²) in [6.45, 7) is 1.76. The summed E-state index contributed by atoms with van der Waals surface area (Å²) in [4.78, 5) is 66.5. The summed E-state index contributed by atoms with van der Waals surface area (Å²) in [5, 5.41) is 16.7. The number of imidazole rings is 1. The maximum atomic E-state index is 12.8. The molecule has 1 rings (SSSR count). The van der Waals surface area contributed by atoms with Crippen LogP contribution in [-0.2, 0) is 30.4 Å². The molecule has 0 saturated carbocycles. The quantitative estimate of drug-likeness (QED) is 0.121. The minimum atomic E-state index is -1.23. The molecule has 4 atom stereocenters. The summed E-state index contributed by atoms with van der Waals surface area (Å²) >= 11 is 0. The number of unbranched alkanes of at least 4 members (excludes halogenated alkanes) is 1. The lowest BCUT2D eigenvalue weighted by Crippen LogP contribution is -2.57. The molecule has 33 heavy (non-hydrogen) atoms. The molecule has 0 aromatic carbocycles. The van der Waals surface area contributed by atoms with E-state index in [1.165, 1.54) is 19.4 Å². The van der Waals surface area contributed by atoms with Gasteiger partial charge >= 0.3 is 5.97 Å². The van der Waals surface area contributed by atoms with Gasteiger partial charge in [0.2, 0.25) is 23.6 Å². The van der Waals surface area contributed by atoms with Crippen LogP contribution in [0.25, 0.3) is 0 Å². The van der Waals surface area contributed by atoms with Crippen molar-refractivity contribution in [1.29, 1.82) is 0 Å². The first-order valence-corrected chi connectivity index (χ1v) is 10.4. The topological polar surface area (TPSA) is 248 Å². The van der Waals surface area contributed by atoms with Crippen molar-refractivity contribution in [1.82, 2.24) is 25.9 Å². The van der Waals surface area contributed by atoms with Crippen molar-refractivity contribution < 1.29 is 29.1 Å². The highest BCUT2D eigenvalue weighted by Crippen LogP contribution is 2.05. The van der Waals surface area contributed by atoms with Gasteiger partial charge in [0.25, 0.3) is 0 Å². The zero-order valence-corrected chi connectivity index (χ0v) is 18.4. The Kier molecular flexibility index (Phi) is 11.5. The van der Waals surface area contributed by atoms with Crippen LogP contribution in [0.15, 0.2) is 12.5 Å². The van der Waals surface area contributed by atoms with Crippen molar-refractivity contribution in [2.75, 3.05) is 6.54 Å². The van der Waals surface area contributed by atoms with E-state index in [1.54, 1.807) is 0 Å². The third-order valence-corrected chi connectivity index (χ3v) is 4.68. The minimum Gasteiger partial charge on any atom is -0.480 e. The van der Waals surface area contributed by atoms with E-state index in [9.17, 15) is 29.1 Å². The highest BCUT2D eigenvalue weighted by molar-refractivity contribution is 5.94. The van der Waals surface area contributed by atoms with Crippen molar-refractivity contribution in [3.63, 3.8) is 0 Å². The van der Waals surface area contributed by atoms with Gasteiger partial charge in [-0.05, 0) is 32.7 Å². The summed E-state index contributed by atoms with van der Waals surface area (Å²) in [6, 6.07) is -4.65. The van der Waals surface area contributed by atoms with Gasteiger partial charge in [-0.25, -0.2) is 9.78 Å². The molecule has 4 amide bonds. The van der Waals surface area contributed by atoms with Crippen LogP contribution in [0.4, 0.5) is 0 Å². The average Bonchev–Trinajstić information content (AvgIpc) is 3.24. The Morgan fingerprint density at radius 3 is 2.27 bits per heavy atom. The molecular weight excluding hydrogens is 436 g/mol. The number of nitrogens with one attached hydrogen (secondary N) is 4. The molecule has 11 N–H and O–H groups in total. The van der Waals surface area contributed by atoms with Crippen LogP contribution in [0.5, 0.6) is 0 Å². The van der Waals surface area contributed by atoms with E-state index in [1.807, 2.05) is 0 Å². The maximum absolute atomic E-state index is 12.8. The van der Waals surface area contributed by atoms with Gasteiger partial charge in [0.05, 0.1) is 18.8 Å². The third-order valence-electron chi connectivity index (χ3n) is 4.68. The maximum Gasteiger partial charge on any atom is 0.326 e. The van der Waals surface area contributed by atoms with Crippen LogP contribution in [0.3, 0.4) is 0 Å². The molecule has 0 fully saturated rings. The monoisotopic (exact) mass is 468 g/mol. The third kappa shape index (κ3) is 10.1. The highest BCUT2D eigenvalue weighted by Gasteiger charge is 2.29. The lowest BCUT2D eigenvalue weighted by Gasteiger charge is -2.23. The van der Waals surface area contributed by atoms with E-state index in [2.05, 4.69) is 25.9 Å². The second-order valence-corrected chi connectivity index (χ2v) is 7.53. The van der Waals surface area contributed by atoms with E-state index in [0.717, 1.165) is 0 Å². The van der Waals surface area contributed by atoms with E-state index in [-0.39, 0.29) is 12.8 Å². The summed E-state index contributed by atoms with van der Waals surface area (Å²) < 4.78 is 0. The first kappa shape index (κ1) is 27.5. The highest BCUT2D eigenvalue weighted by atomic mass is 16.4. The lowest BCUT2D eigenvalue weighted by molar-refractivity contribution is -0.142. The van der Waals surface area contributed by atoms with Crippen molar-refractivity contribution in [3.05, 3.63) is 18.2 Å². The molecule has 0 aliphatic heterocycles. The number of carboxylic acid groups (broad SMARTS) is 1. The molecule has 184 valence electrons. The number of carboxylic acids is 1. The second-order valence-electron chi connectivity index (χ2n) is 7.53. The molecule has 0 saturated heterocycles. The van der Waals surface area contributed by atoms with E-state index >= 15 is 0 Å². The molecule has 4 unspecified atom stereocenters. The van der Waals surface area contributed by atoms with Crippen LogP contribution in [0.1, 0.15) is 38.3 Å². The number of primary amides is 1. The molecule has 1 aromatic heterocycles. The number of hydrogen-bond donors (Lipinski definition) is 8. The average molecular weight is 469 g/mol. The molecule has 1 heterocycles. The summed E-state index contributed by atoms with van der Waals surface area (Å²) in [7, 11) is 0. The fourth-order valence-corrected chi connectivity index (χ4v) is 2.84. The molecule has 1 aromatic rings. The number of H-pyrrole nitrogens is 1. The Morgan fingerprint density at radius 1 is 1.06 bits per heavy atom. The molecular formula is C19H32N8O6. The summed E-state index contributed by atoms with van der Waals surface area (Å²) in [6.07, 6.45) is 3.72. The fraction of sp³-hybridized carbons (Fsp3) is 0.579. The number of aromatic nitrogens is 2. The first-order chi connectivity index (χ1) is 15.5. The summed E-state index contributed by atoms with van der Waals surface area (Å²) in [5.74, 6) is -4.19. The minimum absolute atomic E-state index is 0.00539. The van der Waals surface area contributed by atoms with Gasteiger partial charge in [0.15, 0.2) is 0 Å². The van der Waals surface area contributed by atoms with E-state index < -0.39 is 60.2 Å². The standard InChI is InChI=1S/C19H32N8O6/c1-10(25-17(30)12(21)7-15(22)28)16(29)27-14(6-11-8-23-9-24-11)18(31)26-13(19(32)33)4-2-3-5-20/h8-10,12-14H,2-7,20-21H2,1H3,(H2,22,28)(H,23,24)(H,25,30)(H,26,31)(H,27,29)(H,32,33). The molecule has 0 radical (unpaired) electrons. The predicted molar refractivity (Wildman–Crippen MR) is 116 cm³/mol. The molecule has 14 nitrogen and oxygen atoms in total. The second kappa shape index (κ2) is 13.8. The number of carbonyl (C=O) groups is 5. The van der Waals surface area contributed by atoms with Gasteiger partial charge in [0, 0.05) is 18.3 Å². The Morgan fingerprint density at radius 2 is 1.73 bits per heavy atom. The van der Waals surface area contributed by atoms with Gasteiger partial charge in [-0.3, -0.25) is 19.2 Å². The van der Waals surface area contributed by atoms with Gasteiger partial charge < -0.3 is 43.2 Å². The zero-order chi connectivity index (χ0) is 25.0. The van der Waals surface area contributed by atoms with Crippen LogP contribution in [0.2, 0.25) is 0 Å². The Hall–Kier alpha value is -3.52. The van der Waals surface area contributed by atoms with Crippen molar-refractivity contribution in [2.24, 2.45) is 17.2 Å². The Bertz CT molecular complexity index is 815. The molecule has 0 bridgehead atoms. The number of amides is 4. The fourth-order valence-electron chi connectivity index (χ4n) is 2.84. The summed E-state index contributed by atoms with van der Waals surface area (Å²) in [5.41, 5.74) is 16.5. The normalized spacial score (nSPS) is 14.4. The molecule has 0 aliphatic carbocycles. The van der Waals surface area contributed by atoms with Crippen molar-refractivity contribution in [2.45, 2.75) is 63.2 Å². The molecule has 14 heteroatoms. The number of carbonyl (C=O) groups excluding carboxylic acids is 4. The number of aliphatic carboxylic acids is 1. The van der Waals surface area contributed by atoms with Gasteiger partial charge in [-0.2, -0.15) is 0 Å². The van der Waals surface area contributed by atoms with Crippen molar-refractivity contribution in [3.8, 4) is 0 Å². The van der Waals surface area contributed by atoms with Crippen LogP contribution in [-0.4, -0.2) is 75.4 Å². The Labute approximate surface area is 190 Å². The molecule has 0 aliphatic rings. The van der Waals surface area contributed by atoms with Crippen LogP contribution >= 0.6 is 0 Å². The molecule has 0 spiro atoms. The Balaban J connectivity index is 2.85. The lowest BCUT2D eigenvalue weighted by atomic mass is 10.1. The largest absolute Gasteiger partial charge is 0.480 e. The van der Waals surface area contributed by atoms with Crippen LogP contribution < -0.4 is 33.2 Å². The van der Waals surface area contributed by atoms with Crippen molar-refractivity contribution >= 4 is 29.6 Å². The first-order valence-electron chi connectivity index (χ1n) is 10.4. The number of hydrogen-bond acceptors (Lipinski definition) is 8. The van der Waals surface area contributed by atoms with Crippen LogP contribution in [0, 0.1) is 0 Å². The number of rotatable bonds is 15. The smallest absolute Gasteiger partial charge is 0.326 e. The number of aromatic amines is 1. The van der Waals surface area contributed by atoms with Gasteiger partial charge in [0.1, 0.15) is 18.1 Å². The number of nitrogens with two attached hydrogens (primary N) is 3. The van der Waals surface area contributed by atoms with E-state index in [4.69, 9.17) is 17.2 Å². The predicted octanol–water partition coefficient (Wildman–Crippen LogP) is -3.16.